The average molecular weight is 831 g/mol. The molecule has 0 spiro atoms. The number of carbonyl (C=O) groups excluding carboxylic acids is 5. The Morgan fingerprint density at radius 2 is 1.78 bits per heavy atom. The predicted octanol–water partition coefficient (Wildman–Crippen LogP) is 6.30. The van der Waals surface area contributed by atoms with Crippen molar-refractivity contribution in [1.29, 1.82) is 5.26 Å². The molecule has 16 heteroatoms. The number of aldehydes is 1. The van der Waals surface area contributed by atoms with E-state index in [-0.39, 0.29) is 68.4 Å². The number of nitrogens with one attached hydrogen (secondary N) is 2. The van der Waals surface area contributed by atoms with Gasteiger partial charge in [-0.25, -0.2) is 9.97 Å². The van der Waals surface area contributed by atoms with Gasteiger partial charge in [-0.15, -0.1) is 0 Å². The number of anilines is 1. The minimum absolute atomic E-state index is 0. The van der Waals surface area contributed by atoms with E-state index in [9.17, 15) is 29.2 Å². The van der Waals surface area contributed by atoms with E-state index in [2.05, 4.69) is 26.7 Å². The normalized spacial score (nSPS) is 11.3. The molecule has 306 valence electrons. The van der Waals surface area contributed by atoms with E-state index in [0.717, 1.165) is 21.7 Å². The molecule has 0 radical (unpaired) electrons. The standard InChI is InChI=1S/C41H43ClN6O8S.CH4/c1-26-19-30(10-13-33(26)39(53)48(25-50)35(7-6-16-49)38(52)44-4)46-36(51)24-54-17-18-55-37-27(22-43)20-29(21-34(37)42)41(2,3)28-8-11-32(12-9-28)56-23-31-14-15-45-40(47-31)57-5;/h8-16,19-21,25,35H,6-7,17-18,23-24H2,1-5H3,(H,44,52)(H,46,51);1H4. The molecule has 0 saturated carbocycles. The molecule has 1 aromatic heterocycles. The molecule has 1 heterocycles. The Labute approximate surface area is 347 Å². The highest BCUT2D eigenvalue weighted by atomic mass is 35.5. The number of amides is 4. The van der Waals surface area contributed by atoms with E-state index in [1.54, 1.807) is 31.3 Å². The Balaban J connectivity index is 0.00000900. The third kappa shape index (κ3) is 12.1. The van der Waals surface area contributed by atoms with Gasteiger partial charge in [0.1, 0.15) is 44.0 Å². The number of rotatable bonds is 20. The van der Waals surface area contributed by atoms with Gasteiger partial charge in [-0.2, -0.15) is 5.26 Å². The Bertz CT molecular complexity index is 2130. The number of imide groups is 1. The van der Waals surface area contributed by atoms with Crippen molar-refractivity contribution in [3.8, 4) is 17.6 Å². The van der Waals surface area contributed by atoms with Crippen molar-refractivity contribution in [1.82, 2.24) is 20.2 Å². The van der Waals surface area contributed by atoms with Crippen LogP contribution in [0.25, 0.3) is 0 Å². The zero-order valence-electron chi connectivity index (χ0n) is 32.2. The number of carbonyl (C=O) groups is 5. The van der Waals surface area contributed by atoms with Crippen LogP contribution in [0.5, 0.6) is 11.5 Å². The highest BCUT2D eigenvalue weighted by molar-refractivity contribution is 7.98. The summed E-state index contributed by atoms with van der Waals surface area (Å²) < 4.78 is 17.2. The number of hydrogen-bond donors (Lipinski definition) is 2. The maximum Gasteiger partial charge on any atom is 0.261 e. The number of aromatic nitrogens is 2. The topological polar surface area (TPSA) is 190 Å². The third-order valence-corrected chi connectivity index (χ3v) is 9.80. The minimum Gasteiger partial charge on any atom is -0.488 e. The molecule has 14 nitrogen and oxygen atoms in total. The van der Waals surface area contributed by atoms with Crippen LogP contribution in [0.2, 0.25) is 5.02 Å². The van der Waals surface area contributed by atoms with E-state index in [1.807, 2.05) is 50.4 Å². The van der Waals surface area contributed by atoms with Crippen LogP contribution in [0.1, 0.15) is 72.4 Å². The molecule has 0 aliphatic rings. The molecule has 1 atom stereocenters. The van der Waals surface area contributed by atoms with Gasteiger partial charge in [0.05, 0.1) is 22.9 Å². The summed E-state index contributed by atoms with van der Waals surface area (Å²) in [6.45, 7) is 5.68. The first-order chi connectivity index (χ1) is 27.4. The molecular formula is C42H47ClN6O8S. The van der Waals surface area contributed by atoms with Crippen LogP contribution in [-0.4, -0.2) is 84.5 Å². The number of nitriles is 1. The Morgan fingerprint density at radius 3 is 2.41 bits per heavy atom. The number of benzene rings is 3. The van der Waals surface area contributed by atoms with E-state index in [1.165, 1.54) is 30.9 Å². The summed E-state index contributed by atoms with van der Waals surface area (Å²) in [5, 5.41) is 16.0. The lowest BCUT2D eigenvalue weighted by atomic mass is 9.77. The number of ether oxygens (including phenoxy) is 3. The van der Waals surface area contributed by atoms with E-state index in [0.29, 0.717) is 35.0 Å². The van der Waals surface area contributed by atoms with Gasteiger partial charge >= 0.3 is 0 Å². The van der Waals surface area contributed by atoms with Crippen molar-refractivity contribution in [2.75, 3.05) is 38.4 Å². The number of nitrogens with zero attached hydrogens (tertiary/aromatic N) is 4. The molecule has 0 fully saturated rings. The first-order valence-corrected chi connectivity index (χ1v) is 19.3. The summed E-state index contributed by atoms with van der Waals surface area (Å²) >= 11 is 8.11. The van der Waals surface area contributed by atoms with Crippen molar-refractivity contribution in [2.24, 2.45) is 0 Å². The monoisotopic (exact) mass is 830 g/mol. The summed E-state index contributed by atoms with van der Waals surface area (Å²) in [6, 6.07) is 18.5. The highest BCUT2D eigenvalue weighted by Crippen LogP contribution is 2.38. The van der Waals surface area contributed by atoms with Crippen molar-refractivity contribution < 1.29 is 38.2 Å². The lowest BCUT2D eigenvalue weighted by Gasteiger charge is -2.27. The van der Waals surface area contributed by atoms with E-state index < -0.39 is 29.2 Å². The number of aryl methyl sites for hydroxylation is 1. The molecule has 58 heavy (non-hydrogen) atoms. The van der Waals surface area contributed by atoms with Gasteiger partial charge in [-0.3, -0.25) is 24.1 Å². The maximum atomic E-state index is 13.2. The molecule has 4 aromatic rings. The second-order valence-corrected chi connectivity index (χ2v) is 14.3. The van der Waals surface area contributed by atoms with Crippen LogP contribution >= 0.6 is 23.4 Å². The minimum atomic E-state index is -1.16. The molecule has 0 saturated heterocycles. The molecule has 2 N–H and O–H groups in total. The number of thioether (sulfide) groups is 1. The fraction of sp³-hybridized carbons (Fsp3) is 0.333. The lowest BCUT2D eigenvalue weighted by Crippen LogP contribution is -2.48. The number of halogens is 1. The van der Waals surface area contributed by atoms with Gasteiger partial charge in [-0.1, -0.05) is 56.8 Å². The molecule has 3 aromatic carbocycles. The fourth-order valence-corrected chi connectivity index (χ4v) is 6.42. The smallest absolute Gasteiger partial charge is 0.261 e. The first kappa shape index (κ1) is 46.6. The van der Waals surface area contributed by atoms with Crippen LogP contribution in [0.15, 0.2) is 72.0 Å². The molecular weight excluding hydrogens is 784 g/mol. The molecule has 0 bridgehead atoms. The Morgan fingerprint density at radius 1 is 1.03 bits per heavy atom. The van der Waals surface area contributed by atoms with Gasteiger partial charge in [-0.05, 0) is 84.8 Å². The highest BCUT2D eigenvalue weighted by Gasteiger charge is 2.30. The second kappa shape index (κ2) is 22.2. The number of likely N-dealkylation sites (N-methyl/N-ethyl adjacent to an activating group) is 1. The summed E-state index contributed by atoms with van der Waals surface area (Å²) in [6.07, 6.45) is 4.44. The Kier molecular flexibility index (Phi) is 17.8. The van der Waals surface area contributed by atoms with Crippen LogP contribution in [0.4, 0.5) is 5.69 Å². The third-order valence-electron chi connectivity index (χ3n) is 8.96. The molecule has 0 aliphatic carbocycles. The van der Waals surface area contributed by atoms with E-state index >= 15 is 0 Å². The van der Waals surface area contributed by atoms with Gasteiger partial charge < -0.3 is 29.6 Å². The van der Waals surface area contributed by atoms with Crippen LogP contribution in [0.3, 0.4) is 0 Å². The largest absolute Gasteiger partial charge is 0.488 e. The van der Waals surface area contributed by atoms with Crippen LogP contribution < -0.4 is 20.1 Å². The first-order valence-electron chi connectivity index (χ1n) is 17.7. The van der Waals surface area contributed by atoms with Crippen molar-refractivity contribution >= 4 is 59.5 Å². The Hall–Kier alpha value is -5.82. The van der Waals surface area contributed by atoms with Crippen molar-refractivity contribution in [2.45, 2.75) is 64.3 Å². The quantitative estimate of drug-likeness (QED) is 0.0438. The molecule has 1 unspecified atom stereocenters. The van der Waals surface area contributed by atoms with Gasteiger partial charge in [0, 0.05) is 36.3 Å². The summed E-state index contributed by atoms with van der Waals surface area (Å²) in [4.78, 5) is 70.2. The summed E-state index contributed by atoms with van der Waals surface area (Å²) in [5.74, 6) is -0.898. The van der Waals surface area contributed by atoms with Crippen molar-refractivity contribution in [3.05, 3.63) is 105 Å². The molecule has 4 amide bonds. The fourth-order valence-electron chi connectivity index (χ4n) is 5.77. The van der Waals surface area contributed by atoms with Gasteiger partial charge in [0.2, 0.25) is 18.2 Å². The van der Waals surface area contributed by atoms with E-state index in [4.69, 9.17) is 25.8 Å². The van der Waals surface area contributed by atoms with Gasteiger partial charge in [0.15, 0.2) is 10.9 Å². The summed E-state index contributed by atoms with van der Waals surface area (Å²) in [5.41, 5.74) is 3.23. The van der Waals surface area contributed by atoms with Gasteiger partial charge in [0.25, 0.3) is 5.91 Å². The zero-order valence-corrected chi connectivity index (χ0v) is 33.7. The average Bonchev–Trinajstić information content (AvgIpc) is 3.21. The summed E-state index contributed by atoms with van der Waals surface area (Å²) in [7, 11) is 1.37. The molecule has 0 aliphatic heterocycles. The maximum absolute atomic E-state index is 13.2. The zero-order chi connectivity index (χ0) is 41.5. The predicted molar refractivity (Wildman–Crippen MR) is 221 cm³/mol. The van der Waals surface area contributed by atoms with Crippen molar-refractivity contribution in [3.63, 3.8) is 0 Å². The van der Waals surface area contributed by atoms with Crippen LogP contribution in [0, 0.1) is 18.3 Å². The molecule has 4 rings (SSSR count). The number of hydrogen-bond acceptors (Lipinski definition) is 12. The van der Waals surface area contributed by atoms with Crippen LogP contribution in [-0.2, 0) is 35.9 Å². The SMILES string of the molecule is C.CNC(=O)C(CCC=O)N(C=O)C(=O)c1ccc(NC(=O)COCCOc2c(Cl)cc(C(C)(C)c3ccc(OCc4ccnc(SC)n4)cc3)cc2C#N)cc1C. The lowest BCUT2D eigenvalue weighted by molar-refractivity contribution is -0.131. The second-order valence-electron chi connectivity index (χ2n) is 13.1.